The molecule has 2 aromatic carbocycles. The van der Waals surface area contributed by atoms with Crippen LogP contribution in [0.4, 0.5) is 0 Å². The monoisotopic (exact) mass is 402 g/mol. The summed E-state index contributed by atoms with van der Waals surface area (Å²) in [5, 5.41) is 12.5. The number of ketones is 1. The van der Waals surface area contributed by atoms with Crippen LogP contribution in [0.3, 0.4) is 0 Å². The SMILES string of the molecule is Cc1ccc(C)c(-n2nnnc2SCC(=O)c2ccc(Br)cc2)c1. The van der Waals surface area contributed by atoms with Crippen LogP contribution in [0.1, 0.15) is 21.5 Å². The van der Waals surface area contributed by atoms with Crippen LogP contribution in [0.15, 0.2) is 52.1 Å². The zero-order valence-corrected chi connectivity index (χ0v) is 15.6. The van der Waals surface area contributed by atoms with Crippen LogP contribution in [0.2, 0.25) is 0 Å². The zero-order chi connectivity index (χ0) is 17.1. The predicted octanol–water partition coefficient (Wildman–Crippen LogP) is 4.02. The lowest BCUT2D eigenvalue weighted by Gasteiger charge is -2.08. The number of nitrogens with zero attached hydrogens (tertiary/aromatic N) is 4. The molecule has 122 valence electrons. The van der Waals surface area contributed by atoms with E-state index in [1.165, 1.54) is 11.8 Å². The maximum absolute atomic E-state index is 12.3. The van der Waals surface area contributed by atoms with Gasteiger partial charge in [-0.1, -0.05) is 52.0 Å². The molecule has 7 heteroatoms. The summed E-state index contributed by atoms with van der Waals surface area (Å²) in [6.07, 6.45) is 0. The minimum absolute atomic E-state index is 0.0445. The van der Waals surface area contributed by atoms with E-state index in [9.17, 15) is 4.79 Å². The number of aryl methyl sites for hydroxylation is 2. The lowest BCUT2D eigenvalue weighted by atomic mass is 10.1. The van der Waals surface area contributed by atoms with Crippen LogP contribution in [-0.4, -0.2) is 31.7 Å². The first-order valence-corrected chi connectivity index (χ1v) is 9.10. The van der Waals surface area contributed by atoms with Gasteiger partial charge in [0, 0.05) is 10.0 Å². The molecule has 1 aromatic heterocycles. The van der Waals surface area contributed by atoms with Crippen LogP contribution < -0.4 is 0 Å². The molecule has 1 heterocycles. The predicted molar refractivity (Wildman–Crippen MR) is 97.8 cm³/mol. The van der Waals surface area contributed by atoms with E-state index in [0.717, 1.165) is 21.3 Å². The number of hydrogen-bond acceptors (Lipinski definition) is 5. The number of thioether (sulfide) groups is 1. The maximum atomic E-state index is 12.3. The third kappa shape index (κ3) is 3.73. The Morgan fingerprint density at radius 2 is 1.92 bits per heavy atom. The summed E-state index contributed by atoms with van der Waals surface area (Å²) < 4.78 is 2.63. The molecular weight excluding hydrogens is 388 g/mol. The number of aromatic nitrogens is 4. The molecule has 3 rings (SSSR count). The molecule has 0 aliphatic rings. The fourth-order valence-corrected chi connectivity index (χ4v) is 3.26. The van der Waals surface area contributed by atoms with E-state index in [4.69, 9.17) is 0 Å². The molecule has 5 nitrogen and oxygen atoms in total. The van der Waals surface area contributed by atoms with Gasteiger partial charge < -0.3 is 0 Å². The van der Waals surface area contributed by atoms with E-state index < -0.39 is 0 Å². The quantitative estimate of drug-likeness (QED) is 0.476. The summed E-state index contributed by atoms with van der Waals surface area (Å²) in [5.41, 5.74) is 3.82. The van der Waals surface area contributed by atoms with Gasteiger partial charge in [0.25, 0.3) is 0 Å². The fourth-order valence-electron chi connectivity index (χ4n) is 2.22. The maximum Gasteiger partial charge on any atom is 0.214 e. The lowest BCUT2D eigenvalue weighted by Crippen LogP contribution is -2.06. The highest BCUT2D eigenvalue weighted by molar-refractivity contribution is 9.10. The van der Waals surface area contributed by atoms with E-state index in [1.54, 1.807) is 16.8 Å². The number of rotatable bonds is 5. The van der Waals surface area contributed by atoms with E-state index >= 15 is 0 Å². The molecule has 0 bridgehead atoms. The number of benzene rings is 2. The molecule has 3 aromatic rings. The van der Waals surface area contributed by atoms with Crippen molar-refractivity contribution in [3.05, 3.63) is 63.6 Å². The second kappa shape index (κ2) is 7.27. The molecule has 0 fully saturated rings. The van der Waals surface area contributed by atoms with Crippen molar-refractivity contribution in [2.24, 2.45) is 0 Å². The second-order valence-corrected chi connectivity index (χ2v) is 7.24. The number of hydrogen-bond donors (Lipinski definition) is 0. The molecule has 0 unspecified atom stereocenters. The smallest absolute Gasteiger partial charge is 0.214 e. The highest BCUT2D eigenvalue weighted by Gasteiger charge is 2.14. The summed E-state index contributed by atoms with van der Waals surface area (Å²) in [4.78, 5) is 12.3. The van der Waals surface area contributed by atoms with Gasteiger partial charge in [0.05, 0.1) is 11.4 Å². The van der Waals surface area contributed by atoms with Gasteiger partial charge in [-0.25, -0.2) is 0 Å². The summed E-state index contributed by atoms with van der Waals surface area (Å²) in [6, 6.07) is 13.4. The molecule has 0 atom stereocenters. The number of tetrazole rings is 1. The Kier molecular flexibility index (Phi) is 5.11. The number of halogens is 1. The first-order valence-electron chi connectivity index (χ1n) is 7.32. The van der Waals surface area contributed by atoms with Crippen LogP contribution in [0.5, 0.6) is 0 Å². The summed E-state index contributed by atoms with van der Waals surface area (Å²) in [7, 11) is 0. The van der Waals surface area contributed by atoms with E-state index in [0.29, 0.717) is 10.7 Å². The van der Waals surface area contributed by atoms with Gasteiger partial charge in [-0.15, -0.1) is 5.10 Å². The Morgan fingerprint density at radius 3 is 2.67 bits per heavy atom. The summed E-state index contributed by atoms with van der Waals surface area (Å²) in [6.45, 7) is 4.04. The highest BCUT2D eigenvalue weighted by atomic mass is 79.9. The topological polar surface area (TPSA) is 60.7 Å². The molecule has 0 saturated heterocycles. The Labute approximate surface area is 152 Å². The van der Waals surface area contributed by atoms with Gasteiger partial charge >= 0.3 is 0 Å². The van der Waals surface area contributed by atoms with Gasteiger partial charge in [0.2, 0.25) is 5.16 Å². The third-order valence-corrected chi connectivity index (χ3v) is 4.98. The molecule has 0 aliphatic carbocycles. The Bertz CT molecular complexity index is 877. The van der Waals surface area contributed by atoms with E-state index in [1.807, 2.05) is 44.2 Å². The molecule has 0 N–H and O–H groups in total. The van der Waals surface area contributed by atoms with Crippen LogP contribution in [0.25, 0.3) is 5.69 Å². The molecule has 0 aliphatic heterocycles. The number of carbonyl (C=O) groups excluding carboxylic acids is 1. The summed E-state index contributed by atoms with van der Waals surface area (Å²) >= 11 is 4.70. The average molecular weight is 403 g/mol. The van der Waals surface area contributed by atoms with Gasteiger partial charge in [-0.2, -0.15) is 4.68 Å². The zero-order valence-electron chi connectivity index (χ0n) is 13.2. The second-order valence-electron chi connectivity index (χ2n) is 5.38. The summed E-state index contributed by atoms with van der Waals surface area (Å²) in [5.74, 6) is 0.329. The van der Waals surface area contributed by atoms with E-state index in [-0.39, 0.29) is 11.5 Å². The Morgan fingerprint density at radius 1 is 1.17 bits per heavy atom. The number of Topliss-reactive ketones (excluding diaryl/α,β-unsaturated/α-hetero) is 1. The normalized spacial score (nSPS) is 10.8. The minimum Gasteiger partial charge on any atom is -0.293 e. The van der Waals surface area contributed by atoms with Crippen molar-refractivity contribution < 1.29 is 4.79 Å². The minimum atomic E-state index is 0.0445. The Balaban J connectivity index is 1.78. The first kappa shape index (κ1) is 16.9. The van der Waals surface area contributed by atoms with Crippen molar-refractivity contribution in [2.45, 2.75) is 19.0 Å². The largest absolute Gasteiger partial charge is 0.293 e. The molecule has 0 saturated carbocycles. The van der Waals surface area contributed by atoms with Crippen molar-refractivity contribution in [3.63, 3.8) is 0 Å². The lowest BCUT2D eigenvalue weighted by molar-refractivity contribution is 0.102. The molecule has 0 amide bonds. The Hall–Kier alpha value is -1.99. The molecule has 0 spiro atoms. The van der Waals surface area contributed by atoms with Gasteiger partial charge in [-0.3, -0.25) is 4.79 Å². The molecule has 24 heavy (non-hydrogen) atoms. The van der Waals surface area contributed by atoms with Crippen LogP contribution >= 0.6 is 27.7 Å². The highest BCUT2D eigenvalue weighted by Crippen LogP contribution is 2.22. The standard InChI is InChI=1S/C17H15BrN4OS/c1-11-3-4-12(2)15(9-11)22-17(19-20-21-22)24-10-16(23)13-5-7-14(18)8-6-13/h3-9H,10H2,1-2H3. The van der Waals surface area contributed by atoms with Crippen molar-refractivity contribution in [1.29, 1.82) is 0 Å². The van der Waals surface area contributed by atoms with Crippen molar-refractivity contribution in [2.75, 3.05) is 5.75 Å². The number of carbonyl (C=O) groups is 1. The van der Waals surface area contributed by atoms with Gasteiger partial charge in [0.1, 0.15) is 0 Å². The van der Waals surface area contributed by atoms with Crippen molar-refractivity contribution in [3.8, 4) is 5.69 Å². The fraction of sp³-hybridized carbons (Fsp3) is 0.176. The van der Waals surface area contributed by atoms with Crippen molar-refractivity contribution in [1.82, 2.24) is 20.2 Å². The van der Waals surface area contributed by atoms with Gasteiger partial charge in [0.15, 0.2) is 5.78 Å². The average Bonchev–Trinajstić information content (AvgIpc) is 3.04. The molecule has 0 radical (unpaired) electrons. The van der Waals surface area contributed by atoms with Crippen LogP contribution in [-0.2, 0) is 0 Å². The molecular formula is C17H15BrN4OS. The van der Waals surface area contributed by atoms with E-state index in [2.05, 4.69) is 31.5 Å². The third-order valence-electron chi connectivity index (χ3n) is 3.53. The van der Waals surface area contributed by atoms with Crippen LogP contribution in [0, 0.1) is 13.8 Å². The van der Waals surface area contributed by atoms with Gasteiger partial charge in [-0.05, 0) is 53.6 Å². The first-order chi connectivity index (χ1) is 11.5. The van der Waals surface area contributed by atoms with Crippen molar-refractivity contribution >= 4 is 33.5 Å².